The molecule has 2 aromatic carbocycles. The third-order valence-corrected chi connectivity index (χ3v) is 7.35. The van der Waals surface area contributed by atoms with Crippen molar-refractivity contribution in [2.75, 3.05) is 18.0 Å². The lowest BCUT2D eigenvalue weighted by molar-refractivity contribution is -0.143. The number of halogens is 11. The van der Waals surface area contributed by atoms with E-state index in [4.69, 9.17) is 0 Å². The molecule has 1 aliphatic heterocycles. The monoisotopic (exact) mass is 644 g/mol. The molecule has 1 unspecified atom stereocenters. The average Bonchev–Trinajstić information content (AvgIpc) is 3.34. The van der Waals surface area contributed by atoms with Gasteiger partial charge in [0.25, 0.3) is 11.9 Å². The normalized spacial score (nSPS) is 17.1. The van der Waals surface area contributed by atoms with Crippen LogP contribution in [0.15, 0.2) is 36.4 Å². The molecular weight excluding hydrogens is 617 g/mol. The number of hydrogen-bond donors (Lipinski definition) is 0. The zero-order valence-electron chi connectivity index (χ0n) is 23.3. The molecule has 0 spiro atoms. The number of aryl methyl sites for hydroxylation is 1. The summed E-state index contributed by atoms with van der Waals surface area (Å²) in [4.78, 5) is 3.79. The van der Waals surface area contributed by atoms with Crippen molar-refractivity contribution in [3.63, 3.8) is 0 Å². The first kappa shape index (κ1) is 33.4. The highest BCUT2D eigenvalue weighted by Crippen LogP contribution is 2.39. The van der Waals surface area contributed by atoms with Gasteiger partial charge in [-0.25, -0.2) is 8.78 Å². The Labute approximate surface area is 244 Å². The molecule has 1 saturated heterocycles. The third-order valence-electron chi connectivity index (χ3n) is 7.35. The summed E-state index contributed by atoms with van der Waals surface area (Å²) in [7, 11) is 1.34. The number of aromatic nitrogens is 4. The molecular formula is C27H27F11N6. The van der Waals surface area contributed by atoms with Crippen LogP contribution in [0.25, 0.3) is 0 Å². The van der Waals surface area contributed by atoms with E-state index in [0.717, 1.165) is 21.8 Å². The number of piperidine rings is 1. The van der Waals surface area contributed by atoms with Gasteiger partial charge in [-0.2, -0.15) is 44.3 Å². The van der Waals surface area contributed by atoms with Crippen molar-refractivity contribution in [3.05, 3.63) is 69.8 Å². The van der Waals surface area contributed by atoms with Crippen molar-refractivity contribution in [2.45, 2.75) is 69.8 Å². The Morgan fingerprint density at radius 3 is 1.86 bits per heavy atom. The third kappa shape index (κ3) is 7.95. The Hall–Kier alpha value is -3.50. The molecule has 6 nitrogen and oxygen atoms in total. The standard InChI is InChI=1S/C27H27F11N6/c1-3-22(43-8-6-24(28,29)7-9-43)21-5-4-18(25(30,31)32)12-17(21)15-44(23-39-41-42(2)40-23)14-16-10-19(26(33,34)35)13-20(11-16)27(36,37)38/h4-5,10-13,22H,3,6-9,14-15H2,1-2H3. The van der Waals surface area contributed by atoms with Gasteiger partial charge in [0.05, 0.1) is 23.7 Å². The van der Waals surface area contributed by atoms with Gasteiger partial charge in [0.15, 0.2) is 0 Å². The van der Waals surface area contributed by atoms with Crippen molar-refractivity contribution < 1.29 is 48.3 Å². The summed E-state index contributed by atoms with van der Waals surface area (Å²) in [6, 6.07) is 3.26. The molecule has 0 radical (unpaired) electrons. The van der Waals surface area contributed by atoms with E-state index >= 15 is 0 Å². The van der Waals surface area contributed by atoms with Gasteiger partial charge in [0.1, 0.15) is 0 Å². The fourth-order valence-corrected chi connectivity index (χ4v) is 5.22. The predicted octanol–water partition coefficient (Wildman–Crippen LogP) is 7.66. The lowest BCUT2D eigenvalue weighted by Gasteiger charge is -2.38. The summed E-state index contributed by atoms with van der Waals surface area (Å²) in [5, 5.41) is 11.4. The highest BCUT2D eigenvalue weighted by Gasteiger charge is 2.39. The first-order valence-corrected chi connectivity index (χ1v) is 13.4. The van der Waals surface area contributed by atoms with E-state index in [2.05, 4.69) is 15.4 Å². The first-order chi connectivity index (χ1) is 20.3. The highest BCUT2D eigenvalue weighted by atomic mass is 19.4. The second-order valence-electron chi connectivity index (χ2n) is 10.6. The maximum atomic E-state index is 13.9. The summed E-state index contributed by atoms with van der Waals surface area (Å²) in [5.41, 5.74) is -4.30. The Morgan fingerprint density at radius 2 is 1.39 bits per heavy atom. The molecule has 0 N–H and O–H groups in total. The fourth-order valence-electron chi connectivity index (χ4n) is 5.22. The van der Waals surface area contributed by atoms with E-state index in [0.29, 0.717) is 24.1 Å². The molecule has 17 heteroatoms. The SMILES string of the molecule is CCC(c1ccc(C(F)(F)F)cc1CN(Cc1cc(C(F)(F)F)cc(C(F)(F)F)c1)c1nnn(C)n1)N1CCC(F)(F)CC1. The molecule has 2 heterocycles. The summed E-state index contributed by atoms with van der Waals surface area (Å²) in [6.07, 6.45) is -15.6. The second kappa shape index (κ2) is 12.1. The molecule has 3 aromatic rings. The van der Waals surface area contributed by atoms with Crippen molar-refractivity contribution in [1.29, 1.82) is 0 Å². The van der Waals surface area contributed by atoms with Crippen LogP contribution >= 0.6 is 0 Å². The molecule has 1 fully saturated rings. The van der Waals surface area contributed by atoms with Gasteiger partial charge in [-0.05, 0) is 58.7 Å². The lowest BCUT2D eigenvalue weighted by atomic mass is 9.92. The smallest absolute Gasteiger partial charge is 0.330 e. The summed E-state index contributed by atoms with van der Waals surface area (Å²) < 4.78 is 150. The van der Waals surface area contributed by atoms with Gasteiger partial charge >= 0.3 is 18.5 Å². The number of nitrogens with zero attached hydrogens (tertiary/aromatic N) is 6. The Kier molecular flexibility index (Phi) is 9.20. The van der Waals surface area contributed by atoms with Crippen LogP contribution < -0.4 is 4.90 Å². The van der Waals surface area contributed by atoms with Crippen LogP contribution in [0.1, 0.15) is 65.6 Å². The Morgan fingerprint density at radius 1 is 0.818 bits per heavy atom. The van der Waals surface area contributed by atoms with Gasteiger partial charge in [-0.1, -0.05) is 18.1 Å². The van der Waals surface area contributed by atoms with E-state index < -0.39 is 78.7 Å². The molecule has 1 aromatic heterocycles. The maximum Gasteiger partial charge on any atom is 0.416 e. The highest BCUT2D eigenvalue weighted by molar-refractivity contribution is 5.42. The van der Waals surface area contributed by atoms with E-state index in [1.165, 1.54) is 13.1 Å². The zero-order chi connectivity index (χ0) is 32.7. The Bertz CT molecular complexity index is 1400. The number of tetrazole rings is 1. The molecule has 44 heavy (non-hydrogen) atoms. The molecule has 1 atom stereocenters. The number of likely N-dealkylation sites (tertiary alicyclic amines) is 1. The van der Waals surface area contributed by atoms with Gasteiger partial charge < -0.3 is 4.90 Å². The topological polar surface area (TPSA) is 50.1 Å². The first-order valence-electron chi connectivity index (χ1n) is 13.4. The van der Waals surface area contributed by atoms with E-state index in [1.54, 1.807) is 11.8 Å². The minimum Gasteiger partial charge on any atom is -0.330 e. The minimum absolute atomic E-state index is 0.0134. The summed E-state index contributed by atoms with van der Waals surface area (Å²) in [6.45, 7) is 0.504. The molecule has 0 saturated carbocycles. The number of anilines is 1. The zero-order valence-corrected chi connectivity index (χ0v) is 23.3. The number of hydrogen-bond acceptors (Lipinski definition) is 5. The lowest BCUT2D eigenvalue weighted by Crippen LogP contribution is -2.41. The van der Waals surface area contributed by atoms with Crippen molar-refractivity contribution in [2.24, 2.45) is 7.05 Å². The minimum atomic E-state index is -5.13. The van der Waals surface area contributed by atoms with Gasteiger partial charge in [0, 0.05) is 45.1 Å². The van der Waals surface area contributed by atoms with Crippen LogP contribution in [0.3, 0.4) is 0 Å². The summed E-state index contributed by atoms with van der Waals surface area (Å²) >= 11 is 0. The quantitative estimate of drug-likeness (QED) is 0.236. The van der Waals surface area contributed by atoms with Crippen LogP contribution in [0.2, 0.25) is 0 Å². The van der Waals surface area contributed by atoms with Crippen LogP contribution in [0.4, 0.5) is 54.2 Å². The second-order valence-corrected chi connectivity index (χ2v) is 10.6. The average molecular weight is 645 g/mol. The van der Waals surface area contributed by atoms with Crippen molar-refractivity contribution in [3.8, 4) is 0 Å². The largest absolute Gasteiger partial charge is 0.416 e. The molecule has 1 aliphatic rings. The van der Waals surface area contributed by atoms with Gasteiger partial charge in [0.2, 0.25) is 0 Å². The molecule has 0 aliphatic carbocycles. The van der Waals surface area contributed by atoms with Crippen LogP contribution in [0, 0.1) is 0 Å². The van der Waals surface area contributed by atoms with Crippen molar-refractivity contribution >= 4 is 5.95 Å². The van der Waals surface area contributed by atoms with E-state index in [1.807, 2.05) is 0 Å². The predicted molar refractivity (Wildman–Crippen MR) is 135 cm³/mol. The molecule has 0 bridgehead atoms. The van der Waals surface area contributed by atoms with E-state index in [9.17, 15) is 48.3 Å². The maximum absolute atomic E-state index is 13.9. The Balaban J connectivity index is 1.80. The molecule has 4 rings (SSSR count). The van der Waals surface area contributed by atoms with Gasteiger partial charge in [-0.15, -0.1) is 5.10 Å². The van der Waals surface area contributed by atoms with Crippen LogP contribution in [-0.2, 0) is 38.7 Å². The van der Waals surface area contributed by atoms with Crippen LogP contribution in [-0.4, -0.2) is 44.1 Å². The van der Waals surface area contributed by atoms with Crippen molar-refractivity contribution in [1.82, 2.24) is 25.1 Å². The number of rotatable bonds is 8. The fraction of sp³-hybridized carbons (Fsp3) is 0.519. The molecule has 0 amide bonds. The van der Waals surface area contributed by atoms with Crippen LogP contribution in [0.5, 0.6) is 0 Å². The summed E-state index contributed by atoms with van der Waals surface area (Å²) in [5.74, 6) is -3.15. The number of benzene rings is 2. The number of alkyl halides is 11. The molecule has 242 valence electrons. The van der Waals surface area contributed by atoms with E-state index in [-0.39, 0.29) is 30.7 Å². The van der Waals surface area contributed by atoms with Gasteiger partial charge in [-0.3, -0.25) is 4.90 Å².